The fourth-order valence-corrected chi connectivity index (χ4v) is 3.55. The third kappa shape index (κ3) is 1.60. The smallest absolute Gasteiger partial charge is 0.313 e. The molecule has 2 fully saturated rings. The van der Waals surface area contributed by atoms with E-state index in [4.69, 9.17) is 4.74 Å². The highest BCUT2D eigenvalue weighted by atomic mass is 19.1. The number of nitrogens with one attached hydrogen (secondary N) is 1. The summed E-state index contributed by atoms with van der Waals surface area (Å²) < 4.78 is 18.7. The number of carbonyl (C=O) groups excluding carboxylic acids is 2. The molecule has 0 aromatic heterocycles. The summed E-state index contributed by atoms with van der Waals surface area (Å²) in [4.78, 5) is 24.8. The second-order valence-corrected chi connectivity index (χ2v) is 6.64. The van der Waals surface area contributed by atoms with Gasteiger partial charge in [-0.25, -0.2) is 4.39 Å². The quantitative estimate of drug-likeness (QED) is 0.852. The summed E-state index contributed by atoms with van der Waals surface area (Å²) in [6, 6.07) is 5.68. The number of ether oxygens (including phenoxy) is 1. The summed E-state index contributed by atoms with van der Waals surface area (Å²) >= 11 is 0. The normalized spacial score (nSPS) is 32.9. The van der Waals surface area contributed by atoms with Crippen molar-refractivity contribution in [3.8, 4) is 0 Å². The molecule has 1 amide bonds. The minimum Gasteiger partial charge on any atom is -0.448 e. The van der Waals surface area contributed by atoms with Crippen molar-refractivity contribution in [2.75, 3.05) is 5.32 Å². The van der Waals surface area contributed by atoms with Crippen LogP contribution in [0.1, 0.15) is 33.6 Å². The molecule has 112 valence electrons. The highest BCUT2D eigenvalue weighted by Gasteiger charge is 2.75. The monoisotopic (exact) mass is 291 g/mol. The number of hydrogen-bond acceptors (Lipinski definition) is 3. The first-order valence-electron chi connectivity index (χ1n) is 7.03. The van der Waals surface area contributed by atoms with Gasteiger partial charge in [-0.05, 0) is 38.0 Å². The molecule has 0 spiro atoms. The van der Waals surface area contributed by atoms with Gasteiger partial charge < -0.3 is 10.1 Å². The molecule has 1 N–H and O–H groups in total. The highest BCUT2D eigenvalue weighted by Crippen LogP contribution is 2.65. The summed E-state index contributed by atoms with van der Waals surface area (Å²) in [5, 5.41) is 2.68. The summed E-state index contributed by atoms with van der Waals surface area (Å²) in [6.07, 6.45) is 1.11. The minimum atomic E-state index is -1.18. The lowest BCUT2D eigenvalue weighted by atomic mass is 9.66. The van der Waals surface area contributed by atoms with Crippen LogP contribution in [0, 0.1) is 16.6 Å². The lowest BCUT2D eigenvalue weighted by Crippen LogP contribution is -2.50. The molecule has 1 aliphatic heterocycles. The first kappa shape index (κ1) is 14.0. The second-order valence-electron chi connectivity index (χ2n) is 6.64. The van der Waals surface area contributed by atoms with Crippen molar-refractivity contribution in [1.82, 2.24) is 0 Å². The second kappa shape index (κ2) is 4.06. The van der Waals surface area contributed by atoms with Crippen molar-refractivity contribution in [1.29, 1.82) is 0 Å². The number of halogens is 1. The van der Waals surface area contributed by atoms with E-state index in [1.807, 2.05) is 20.8 Å². The maximum absolute atomic E-state index is 13.2. The van der Waals surface area contributed by atoms with Gasteiger partial charge in [-0.2, -0.15) is 0 Å². The van der Waals surface area contributed by atoms with E-state index in [0.29, 0.717) is 18.5 Å². The number of rotatable bonds is 2. The van der Waals surface area contributed by atoms with E-state index >= 15 is 0 Å². The fourth-order valence-electron chi connectivity index (χ4n) is 3.55. The van der Waals surface area contributed by atoms with Gasteiger partial charge in [0.05, 0.1) is 5.41 Å². The van der Waals surface area contributed by atoms with Gasteiger partial charge in [-0.15, -0.1) is 0 Å². The molecule has 3 rings (SSSR count). The van der Waals surface area contributed by atoms with Gasteiger partial charge in [0, 0.05) is 11.1 Å². The Balaban J connectivity index is 1.93. The van der Waals surface area contributed by atoms with Gasteiger partial charge in [-0.1, -0.05) is 19.9 Å². The average molecular weight is 291 g/mol. The molecule has 0 radical (unpaired) electrons. The average Bonchev–Trinajstić information content (AvgIpc) is 2.69. The molecule has 1 saturated heterocycles. The van der Waals surface area contributed by atoms with E-state index in [0.717, 1.165) is 0 Å². The zero-order valence-electron chi connectivity index (χ0n) is 12.3. The van der Waals surface area contributed by atoms with Gasteiger partial charge in [-0.3, -0.25) is 9.59 Å². The van der Waals surface area contributed by atoms with Crippen molar-refractivity contribution in [3.05, 3.63) is 30.1 Å². The summed E-state index contributed by atoms with van der Waals surface area (Å²) in [6.45, 7) is 5.62. The highest BCUT2D eigenvalue weighted by molar-refractivity contribution is 6.03. The van der Waals surface area contributed by atoms with E-state index < -0.39 is 22.2 Å². The zero-order valence-corrected chi connectivity index (χ0v) is 12.3. The van der Waals surface area contributed by atoms with Crippen molar-refractivity contribution in [3.63, 3.8) is 0 Å². The first-order valence-corrected chi connectivity index (χ1v) is 7.03. The molecule has 1 aromatic rings. The van der Waals surface area contributed by atoms with Crippen molar-refractivity contribution in [2.24, 2.45) is 10.8 Å². The molecule has 1 heterocycles. The Labute approximate surface area is 122 Å². The summed E-state index contributed by atoms with van der Waals surface area (Å²) in [7, 11) is 0. The molecule has 2 aliphatic rings. The summed E-state index contributed by atoms with van der Waals surface area (Å²) in [5.41, 5.74) is -2.06. The van der Waals surface area contributed by atoms with E-state index in [2.05, 4.69) is 5.32 Å². The number of carbonyl (C=O) groups is 2. The zero-order chi connectivity index (χ0) is 15.5. The van der Waals surface area contributed by atoms with Crippen LogP contribution in [0.2, 0.25) is 0 Å². The van der Waals surface area contributed by atoms with Gasteiger partial charge in [0.1, 0.15) is 5.82 Å². The Morgan fingerprint density at radius 3 is 2.52 bits per heavy atom. The number of hydrogen-bond donors (Lipinski definition) is 1. The number of esters is 1. The van der Waals surface area contributed by atoms with Crippen LogP contribution < -0.4 is 5.32 Å². The van der Waals surface area contributed by atoms with E-state index in [1.165, 1.54) is 18.2 Å². The Hall–Kier alpha value is -1.91. The molecule has 0 unspecified atom stereocenters. The van der Waals surface area contributed by atoms with Gasteiger partial charge in [0.2, 0.25) is 0 Å². The van der Waals surface area contributed by atoms with Crippen LogP contribution in [0.4, 0.5) is 10.1 Å². The van der Waals surface area contributed by atoms with Crippen LogP contribution in [-0.2, 0) is 14.3 Å². The standard InChI is InChI=1S/C16H18FNO3/c1-14(2)15(3)7-8-16(14,21-13(15)20)12(19)18-11-6-4-5-10(17)9-11/h4-6,9H,7-8H2,1-3H3,(H,18,19)/t15-,16+/m1/s1. The van der Waals surface area contributed by atoms with Crippen LogP contribution in [0.25, 0.3) is 0 Å². The minimum absolute atomic E-state index is 0.326. The van der Waals surface area contributed by atoms with Gasteiger partial charge in [0.15, 0.2) is 5.60 Å². The van der Waals surface area contributed by atoms with Crippen molar-refractivity contribution >= 4 is 17.6 Å². The summed E-state index contributed by atoms with van der Waals surface area (Å²) in [5.74, 6) is -1.13. The predicted octanol–water partition coefficient (Wildman–Crippen LogP) is 2.89. The fraction of sp³-hybridized carbons (Fsp3) is 0.500. The molecule has 21 heavy (non-hydrogen) atoms. The Morgan fingerprint density at radius 2 is 2.00 bits per heavy atom. The van der Waals surface area contributed by atoms with Crippen LogP contribution in [0.5, 0.6) is 0 Å². The molecule has 1 saturated carbocycles. The van der Waals surface area contributed by atoms with E-state index in [-0.39, 0.29) is 11.9 Å². The number of fused-ring (bicyclic) bond motifs is 2. The third-order valence-electron chi connectivity index (χ3n) is 5.53. The molecular weight excluding hydrogens is 273 g/mol. The predicted molar refractivity (Wildman–Crippen MR) is 75.0 cm³/mol. The molecule has 1 aromatic carbocycles. The Bertz CT molecular complexity index is 642. The van der Waals surface area contributed by atoms with Crippen LogP contribution in [0.3, 0.4) is 0 Å². The van der Waals surface area contributed by atoms with Crippen LogP contribution >= 0.6 is 0 Å². The van der Waals surface area contributed by atoms with Crippen molar-refractivity contribution < 1.29 is 18.7 Å². The molecule has 2 atom stereocenters. The van der Waals surface area contributed by atoms with Gasteiger partial charge >= 0.3 is 5.97 Å². The number of amides is 1. The lowest BCUT2D eigenvalue weighted by molar-refractivity contribution is -0.165. The molecule has 2 bridgehead atoms. The van der Waals surface area contributed by atoms with E-state index in [1.54, 1.807) is 6.07 Å². The Morgan fingerprint density at radius 1 is 1.29 bits per heavy atom. The number of anilines is 1. The molecule has 5 heteroatoms. The molecule has 1 aliphatic carbocycles. The van der Waals surface area contributed by atoms with Crippen molar-refractivity contribution in [2.45, 2.75) is 39.2 Å². The largest absolute Gasteiger partial charge is 0.448 e. The van der Waals surface area contributed by atoms with E-state index in [9.17, 15) is 14.0 Å². The van der Waals surface area contributed by atoms with Gasteiger partial charge in [0.25, 0.3) is 5.91 Å². The molecular formula is C16H18FNO3. The van der Waals surface area contributed by atoms with Crippen LogP contribution in [-0.4, -0.2) is 17.5 Å². The first-order chi connectivity index (χ1) is 9.73. The third-order valence-corrected chi connectivity index (χ3v) is 5.53. The topological polar surface area (TPSA) is 55.4 Å². The SMILES string of the molecule is CC1(C)[C@@]2(C(=O)Nc3cccc(F)c3)CC[C@]1(C)C(=O)O2. The maximum Gasteiger partial charge on any atom is 0.313 e. The lowest BCUT2D eigenvalue weighted by Gasteiger charge is -2.35. The maximum atomic E-state index is 13.2. The Kier molecular flexibility index (Phi) is 2.71. The number of benzene rings is 1. The molecule has 4 nitrogen and oxygen atoms in total. The van der Waals surface area contributed by atoms with Crippen LogP contribution in [0.15, 0.2) is 24.3 Å².